The summed E-state index contributed by atoms with van der Waals surface area (Å²) in [5, 5.41) is 7.24. The van der Waals surface area contributed by atoms with Crippen LogP contribution in [0.25, 0.3) is 0 Å². The van der Waals surface area contributed by atoms with Crippen molar-refractivity contribution in [3.8, 4) is 0 Å². The lowest BCUT2D eigenvalue weighted by Gasteiger charge is -2.19. The number of hydrogen-bond donors (Lipinski definition) is 1. The number of ketones is 1. The van der Waals surface area contributed by atoms with Gasteiger partial charge in [-0.3, -0.25) is 9.48 Å². The van der Waals surface area contributed by atoms with Gasteiger partial charge in [-0.15, -0.1) is 0 Å². The molecule has 1 saturated heterocycles. The van der Waals surface area contributed by atoms with Crippen molar-refractivity contribution < 1.29 is 4.79 Å². The maximum atomic E-state index is 12.1. The zero-order chi connectivity index (χ0) is 10.2. The Morgan fingerprint density at radius 3 is 3.00 bits per heavy atom. The van der Waals surface area contributed by atoms with Crippen LogP contribution in [0, 0.1) is 5.41 Å². The second kappa shape index (κ2) is 3.20. The van der Waals surface area contributed by atoms with Crippen molar-refractivity contribution in [1.82, 2.24) is 15.1 Å². The van der Waals surface area contributed by atoms with Crippen LogP contribution in [0.15, 0.2) is 12.4 Å². The Morgan fingerprint density at radius 1 is 1.71 bits per heavy atom. The Hall–Kier alpha value is -1.16. The molecule has 1 unspecified atom stereocenters. The van der Waals surface area contributed by atoms with Crippen LogP contribution in [0.3, 0.4) is 0 Å². The number of nitrogens with zero attached hydrogens (tertiary/aromatic N) is 2. The number of carbonyl (C=O) groups is 1. The van der Waals surface area contributed by atoms with Crippen molar-refractivity contribution in [2.75, 3.05) is 13.1 Å². The minimum absolute atomic E-state index is 0.204. The fourth-order valence-electron chi connectivity index (χ4n) is 1.90. The highest BCUT2D eigenvalue weighted by atomic mass is 16.1. The first-order chi connectivity index (χ1) is 6.62. The average molecular weight is 193 g/mol. The normalized spacial score (nSPS) is 26.7. The maximum Gasteiger partial charge on any atom is 0.173 e. The highest BCUT2D eigenvalue weighted by Crippen LogP contribution is 2.28. The molecule has 0 saturated carbocycles. The molecule has 0 spiro atoms. The first kappa shape index (κ1) is 9.40. The fourth-order valence-corrected chi connectivity index (χ4v) is 1.90. The zero-order valence-corrected chi connectivity index (χ0v) is 8.58. The zero-order valence-electron chi connectivity index (χ0n) is 8.58. The van der Waals surface area contributed by atoms with Crippen molar-refractivity contribution in [2.24, 2.45) is 12.5 Å². The summed E-state index contributed by atoms with van der Waals surface area (Å²) >= 11 is 0. The van der Waals surface area contributed by atoms with Crippen molar-refractivity contribution in [3.05, 3.63) is 18.0 Å². The third-order valence-corrected chi connectivity index (χ3v) is 2.88. The molecule has 0 radical (unpaired) electrons. The minimum atomic E-state index is -0.233. The molecule has 0 aliphatic carbocycles. The minimum Gasteiger partial charge on any atom is -0.316 e. The quantitative estimate of drug-likeness (QED) is 0.700. The molecule has 0 bridgehead atoms. The topological polar surface area (TPSA) is 46.9 Å². The van der Waals surface area contributed by atoms with Crippen molar-refractivity contribution in [1.29, 1.82) is 0 Å². The lowest BCUT2D eigenvalue weighted by Crippen LogP contribution is -2.30. The number of carbonyl (C=O) groups excluding carboxylic acids is 1. The van der Waals surface area contributed by atoms with Crippen LogP contribution in [0.1, 0.15) is 23.7 Å². The molecule has 4 heteroatoms. The van der Waals surface area contributed by atoms with Gasteiger partial charge in [-0.25, -0.2) is 0 Å². The van der Waals surface area contributed by atoms with Gasteiger partial charge in [-0.1, -0.05) is 6.92 Å². The molecule has 1 aromatic rings. The summed E-state index contributed by atoms with van der Waals surface area (Å²) in [5.41, 5.74) is 0.488. The third-order valence-electron chi connectivity index (χ3n) is 2.88. The lowest BCUT2D eigenvalue weighted by atomic mass is 9.82. The van der Waals surface area contributed by atoms with Gasteiger partial charge in [0.2, 0.25) is 0 Å². The summed E-state index contributed by atoms with van der Waals surface area (Å²) < 4.78 is 1.67. The van der Waals surface area contributed by atoms with Crippen LogP contribution in [0.2, 0.25) is 0 Å². The van der Waals surface area contributed by atoms with E-state index in [1.165, 1.54) is 0 Å². The van der Waals surface area contributed by atoms with Crippen LogP contribution in [-0.4, -0.2) is 28.7 Å². The number of hydrogen-bond acceptors (Lipinski definition) is 3. The highest BCUT2D eigenvalue weighted by molar-refractivity contribution is 6.00. The summed E-state index contributed by atoms with van der Waals surface area (Å²) in [4.78, 5) is 12.1. The van der Waals surface area contributed by atoms with E-state index in [0.717, 1.165) is 25.1 Å². The van der Waals surface area contributed by atoms with Crippen LogP contribution in [0.5, 0.6) is 0 Å². The molecule has 0 amide bonds. The van der Waals surface area contributed by atoms with Gasteiger partial charge in [0.15, 0.2) is 5.78 Å². The second-order valence-corrected chi connectivity index (χ2v) is 4.22. The molecular weight excluding hydrogens is 178 g/mol. The summed E-state index contributed by atoms with van der Waals surface area (Å²) in [7, 11) is 1.83. The molecule has 4 nitrogen and oxygen atoms in total. The van der Waals surface area contributed by atoms with Crippen molar-refractivity contribution >= 4 is 5.78 Å². The van der Waals surface area contributed by atoms with Gasteiger partial charge >= 0.3 is 0 Å². The van der Waals surface area contributed by atoms with Gasteiger partial charge in [0, 0.05) is 25.2 Å². The standard InChI is InChI=1S/C10H15N3O/c1-10(3-4-11-7-10)9(14)8-5-12-13(2)6-8/h5-6,11H,3-4,7H2,1-2H3. The van der Waals surface area contributed by atoms with E-state index < -0.39 is 0 Å². The molecule has 2 rings (SSSR count). The van der Waals surface area contributed by atoms with Crippen LogP contribution in [0.4, 0.5) is 0 Å². The van der Waals surface area contributed by atoms with Gasteiger partial charge in [0.1, 0.15) is 0 Å². The van der Waals surface area contributed by atoms with E-state index in [9.17, 15) is 4.79 Å². The maximum absolute atomic E-state index is 12.1. The van der Waals surface area contributed by atoms with E-state index in [4.69, 9.17) is 0 Å². The Bertz CT molecular complexity index is 350. The number of aromatic nitrogens is 2. The smallest absolute Gasteiger partial charge is 0.173 e. The average Bonchev–Trinajstić information content (AvgIpc) is 2.74. The number of nitrogens with one attached hydrogen (secondary N) is 1. The summed E-state index contributed by atoms with van der Waals surface area (Å²) in [6, 6.07) is 0. The first-order valence-electron chi connectivity index (χ1n) is 4.86. The molecule has 1 N–H and O–H groups in total. The Kier molecular flexibility index (Phi) is 2.15. The van der Waals surface area contributed by atoms with Crippen LogP contribution >= 0.6 is 0 Å². The Labute approximate surface area is 83.3 Å². The molecule has 1 fully saturated rings. The van der Waals surface area contributed by atoms with E-state index in [1.807, 2.05) is 14.0 Å². The van der Waals surface area contributed by atoms with E-state index in [2.05, 4.69) is 10.4 Å². The summed E-state index contributed by atoms with van der Waals surface area (Å²) in [5.74, 6) is 0.204. The van der Waals surface area contributed by atoms with E-state index in [0.29, 0.717) is 0 Å². The Balaban J connectivity index is 2.23. The molecule has 14 heavy (non-hydrogen) atoms. The largest absolute Gasteiger partial charge is 0.316 e. The fraction of sp³-hybridized carbons (Fsp3) is 0.600. The number of aryl methyl sites for hydroxylation is 1. The first-order valence-corrected chi connectivity index (χ1v) is 4.86. The van der Waals surface area contributed by atoms with Crippen LogP contribution < -0.4 is 5.32 Å². The van der Waals surface area contributed by atoms with Gasteiger partial charge < -0.3 is 5.32 Å². The summed E-state index contributed by atoms with van der Waals surface area (Å²) in [6.45, 7) is 3.73. The third kappa shape index (κ3) is 1.46. The van der Waals surface area contributed by atoms with E-state index in [-0.39, 0.29) is 11.2 Å². The van der Waals surface area contributed by atoms with E-state index >= 15 is 0 Å². The van der Waals surface area contributed by atoms with Crippen molar-refractivity contribution in [3.63, 3.8) is 0 Å². The molecule has 1 aliphatic rings. The highest BCUT2D eigenvalue weighted by Gasteiger charge is 2.37. The molecular formula is C10H15N3O. The molecule has 1 atom stereocenters. The van der Waals surface area contributed by atoms with Gasteiger partial charge in [0.25, 0.3) is 0 Å². The predicted octanol–water partition coefficient (Wildman–Crippen LogP) is 0.602. The van der Waals surface area contributed by atoms with Gasteiger partial charge in [-0.2, -0.15) is 5.10 Å². The van der Waals surface area contributed by atoms with Gasteiger partial charge in [-0.05, 0) is 13.0 Å². The summed E-state index contributed by atoms with van der Waals surface area (Å²) in [6.07, 6.45) is 4.35. The number of Topliss-reactive ketones (excluding diaryl/α,β-unsaturated/α-hetero) is 1. The van der Waals surface area contributed by atoms with Gasteiger partial charge in [0.05, 0.1) is 11.8 Å². The monoisotopic (exact) mass is 193 g/mol. The Morgan fingerprint density at radius 2 is 2.50 bits per heavy atom. The number of rotatable bonds is 2. The van der Waals surface area contributed by atoms with E-state index in [1.54, 1.807) is 17.1 Å². The molecule has 0 aromatic carbocycles. The molecule has 76 valence electrons. The van der Waals surface area contributed by atoms with Crippen molar-refractivity contribution in [2.45, 2.75) is 13.3 Å². The lowest BCUT2D eigenvalue weighted by molar-refractivity contribution is 0.0839. The predicted molar refractivity (Wildman–Crippen MR) is 53.1 cm³/mol. The molecule has 1 aliphatic heterocycles. The molecule has 2 heterocycles. The van der Waals surface area contributed by atoms with Crippen LogP contribution in [-0.2, 0) is 7.05 Å². The SMILES string of the molecule is Cn1cc(C(=O)C2(C)CCNC2)cn1. The second-order valence-electron chi connectivity index (χ2n) is 4.22. The molecule has 1 aromatic heterocycles.